The monoisotopic (exact) mass is 253 g/mol. The largest absolute Gasteiger partial charge is 0.382 e. The first-order chi connectivity index (χ1) is 6.70. The summed E-state index contributed by atoms with van der Waals surface area (Å²) in [4.78, 5) is 0. The zero-order chi connectivity index (χ0) is 10.1. The summed E-state index contributed by atoms with van der Waals surface area (Å²) in [5, 5.41) is 3.58. The quantitative estimate of drug-likeness (QED) is 0.801. The fourth-order valence-corrected chi connectivity index (χ4v) is 2.35. The van der Waals surface area contributed by atoms with Crippen molar-refractivity contribution in [3.63, 3.8) is 0 Å². The van der Waals surface area contributed by atoms with Gasteiger partial charge in [0.15, 0.2) is 0 Å². The molecule has 1 aromatic carbocycles. The topological polar surface area (TPSA) is 12.0 Å². The third-order valence-electron chi connectivity index (χ3n) is 3.00. The second kappa shape index (κ2) is 3.93. The predicted octanol–water partition coefficient (Wildman–Crippen LogP) is 3.89. The van der Waals surface area contributed by atoms with Crippen molar-refractivity contribution in [2.75, 3.05) is 5.32 Å². The molecule has 76 valence electrons. The van der Waals surface area contributed by atoms with E-state index in [1.54, 1.807) is 0 Å². The van der Waals surface area contributed by atoms with Gasteiger partial charge in [-0.2, -0.15) is 0 Å². The van der Waals surface area contributed by atoms with Crippen molar-refractivity contribution in [3.05, 3.63) is 27.7 Å². The molecule has 1 heterocycles. The standard InChI is InChI=1S/C12H16BrN/c1-3-10-5-4-9-6-8(2)11(13)7-12(9)14-10/h6-7,10,14H,3-5H2,1-2H3. The molecule has 2 rings (SSSR count). The van der Waals surface area contributed by atoms with Crippen molar-refractivity contribution in [1.29, 1.82) is 0 Å². The molecule has 1 N–H and O–H groups in total. The van der Waals surface area contributed by atoms with E-state index in [0.717, 1.165) is 0 Å². The fourth-order valence-electron chi connectivity index (χ4n) is 2.01. The molecule has 0 fully saturated rings. The number of benzene rings is 1. The minimum atomic E-state index is 0.664. The third kappa shape index (κ3) is 1.81. The molecule has 0 amide bonds. The Morgan fingerprint density at radius 3 is 3.00 bits per heavy atom. The van der Waals surface area contributed by atoms with Crippen LogP contribution in [-0.2, 0) is 6.42 Å². The summed E-state index contributed by atoms with van der Waals surface area (Å²) in [6.45, 7) is 4.39. The van der Waals surface area contributed by atoms with Crippen LogP contribution in [0.3, 0.4) is 0 Å². The van der Waals surface area contributed by atoms with Gasteiger partial charge in [0.2, 0.25) is 0 Å². The summed E-state index contributed by atoms with van der Waals surface area (Å²) in [6.07, 6.45) is 3.70. The van der Waals surface area contributed by atoms with Gasteiger partial charge in [0.1, 0.15) is 0 Å². The van der Waals surface area contributed by atoms with Crippen LogP contribution in [0.4, 0.5) is 5.69 Å². The predicted molar refractivity (Wildman–Crippen MR) is 64.9 cm³/mol. The number of rotatable bonds is 1. The summed E-state index contributed by atoms with van der Waals surface area (Å²) in [6, 6.07) is 5.17. The number of hydrogen-bond donors (Lipinski definition) is 1. The maximum atomic E-state index is 3.58. The Morgan fingerprint density at radius 2 is 2.29 bits per heavy atom. The highest BCUT2D eigenvalue weighted by Gasteiger charge is 2.16. The van der Waals surface area contributed by atoms with Gasteiger partial charge in [-0.05, 0) is 43.4 Å². The summed E-state index contributed by atoms with van der Waals surface area (Å²) in [5.74, 6) is 0. The number of halogens is 1. The lowest BCUT2D eigenvalue weighted by Gasteiger charge is -2.26. The molecule has 1 aliphatic rings. The second-order valence-electron chi connectivity index (χ2n) is 4.05. The van der Waals surface area contributed by atoms with Crippen LogP contribution in [0.1, 0.15) is 30.9 Å². The van der Waals surface area contributed by atoms with E-state index in [1.165, 1.54) is 40.5 Å². The molecule has 1 aromatic rings. The number of aryl methyl sites for hydroxylation is 2. The van der Waals surface area contributed by atoms with E-state index >= 15 is 0 Å². The van der Waals surface area contributed by atoms with E-state index in [0.29, 0.717) is 6.04 Å². The Hall–Kier alpha value is -0.500. The zero-order valence-electron chi connectivity index (χ0n) is 8.73. The van der Waals surface area contributed by atoms with Gasteiger partial charge in [0, 0.05) is 16.2 Å². The Balaban J connectivity index is 2.33. The third-order valence-corrected chi connectivity index (χ3v) is 3.85. The molecule has 1 unspecified atom stereocenters. The molecular formula is C12H16BrN. The highest BCUT2D eigenvalue weighted by Crippen LogP contribution is 2.31. The van der Waals surface area contributed by atoms with Gasteiger partial charge in [-0.1, -0.05) is 28.9 Å². The number of anilines is 1. The summed E-state index contributed by atoms with van der Waals surface area (Å²) in [7, 11) is 0. The highest BCUT2D eigenvalue weighted by molar-refractivity contribution is 9.10. The molecule has 0 spiro atoms. The van der Waals surface area contributed by atoms with Crippen LogP contribution in [0.15, 0.2) is 16.6 Å². The van der Waals surface area contributed by atoms with Crippen LogP contribution < -0.4 is 5.32 Å². The van der Waals surface area contributed by atoms with Crippen LogP contribution in [0, 0.1) is 6.92 Å². The van der Waals surface area contributed by atoms with Gasteiger partial charge >= 0.3 is 0 Å². The van der Waals surface area contributed by atoms with Gasteiger partial charge in [0.05, 0.1) is 0 Å². The van der Waals surface area contributed by atoms with Crippen LogP contribution in [-0.4, -0.2) is 6.04 Å². The van der Waals surface area contributed by atoms with Crippen LogP contribution in [0.5, 0.6) is 0 Å². The molecule has 14 heavy (non-hydrogen) atoms. The Bertz CT molecular complexity index is 346. The summed E-state index contributed by atoms with van der Waals surface area (Å²) in [5.41, 5.74) is 4.12. The van der Waals surface area contributed by atoms with Crippen molar-refractivity contribution >= 4 is 21.6 Å². The van der Waals surface area contributed by atoms with Crippen molar-refractivity contribution in [1.82, 2.24) is 0 Å². The molecule has 1 atom stereocenters. The maximum absolute atomic E-state index is 3.58. The molecule has 0 aromatic heterocycles. The molecule has 1 nitrogen and oxygen atoms in total. The van der Waals surface area contributed by atoms with E-state index < -0.39 is 0 Å². The summed E-state index contributed by atoms with van der Waals surface area (Å²) >= 11 is 3.58. The van der Waals surface area contributed by atoms with Gasteiger partial charge < -0.3 is 5.32 Å². The van der Waals surface area contributed by atoms with E-state index in [4.69, 9.17) is 0 Å². The average molecular weight is 254 g/mol. The van der Waals surface area contributed by atoms with E-state index in [9.17, 15) is 0 Å². The molecular weight excluding hydrogens is 238 g/mol. The second-order valence-corrected chi connectivity index (χ2v) is 4.90. The van der Waals surface area contributed by atoms with Crippen LogP contribution >= 0.6 is 15.9 Å². The molecule has 0 saturated carbocycles. The summed E-state index contributed by atoms with van der Waals surface area (Å²) < 4.78 is 1.21. The average Bonchev–Trinajstić information content (AvgIpc) is 2.19. The maximum Gasteiger partial charge on any atom is 0.0386 e. The van der Waals surface area contributed by atoms with E-state index in [2.05, 4.69) is 47.2 Å². The first kappa shape index (κ1) is 10.0. The number of nitrogens with one attached hydrogen (secondary N) is 1. The smallest absolute Gasteiger partial charge is 0.0386 e. The minimum absolute atomic E-state index is 0.664. The minimum Gasteiger partial charge on any atom is -0.382 e. The van der Waals surface area contributed by atoms with Gasteiger partial charge in [-0.3, -0.25) is 0 Å². The van der Waals surface area contributed by atoms with Crippen LogP contribution in [0.2, 0.25) is 0 Å². The first-order valence-electron chi connectivity index (χ1n) is 5.26. The van der Waals surface area contributed by atoms with Crippen molar-refractivity contribution in [3.8, 4) is 0 Å². The Labute approximate surface area is 94.0 Å². The Morgan fingerprint density at radius 1 is 1.50 bits per heavy atom. The van der Waals surface area contributed by atoms with Gasteiger partial charge in [0.25, 0.3) is 0 Å². The lowest BCUT2D eigenvalue weighted by Crippen LogP contribution is -2.24. The molecule has 0 saturated heterocycles. The van der Waals surface area contributed by atoms with Gasteiger partial charge in [-0.15, -0.1) is 0 Å². The van der Waals surface area contributed by atoms with Crippen molar-refractivity contribution < 1.29 is 0 Å². The lowest BCUT2D eigenvalue weighted by molar-refractivity contribution is 0.614. The van der Waals surface area contributed by atoms with Crippen molar-refractivity contribution in [2.45, 2.75) is 39.2 Å². The molecule has 0 radical (unpaired) electrons. The van der Waals surface area contributed by atoms with Crippen LogP contribution in [0.25, 0.3) is 0 Å². The Kier molecular flexibility index (Phi) is 2.82. The number of hydrogen-bond acceptors (Lipinski definition) is 1. The van der Waals surface area contributed by atoms with Crippen molar-refractivity contribution in [2.24, 2.45) is 0 Å². The normalized spacial score (nSPS) is 20.1. The first-order valence-corrected chi connectivity index (χ1v) is 6.05. The highest BCUT2D eigenvalue weighted by atomic mass is 79.9. The van der Waals surface area contributed by atoms with Gasteiger partial charge in [-0.25, -0.2) is 0 Å². The SMILES string of the molecule is CCC1CCc2cc(C)c(Br)cc2N1. The fraction of sp³-hybridized carbons (Fsp3) is 0.500. The number of fused-ring (bicyclic) bond motifs is 1. The van der Waals surface area contributed by atoms with E-state index in [-0.39, 0.29) is 0 Å². The molecule has 1 aliphatic heterocycles. The molecule has 0 aliphatic carbocycles. The molecule has 2 heteroatoms. The zero-order valence-corrected chi connectivity index (χ0v) is 10.3. The van der Waals surface area contributed by atoms with E-state index in [1.807, 2.05) is 0 Å². The molecule has 0 bridgehead atoms. The lowest BCUT2D eigenvalue weighted by atomic mass is 9.95.